The van der Waals surface area contributed by atoms with Gasteiger partial charge in [-0.3, -0.25) is 4.98 Å². The summed E-state index contributed by atoms with van der Waals surface area (Å²) in [7, 11) is 1.77. The first-order valence-electron chi connectivity index (χ1n) is 8.21. The molecule has 0 bridgehead atoms. The molecular weight excluding hydrogens is 302 g/mol. The number of carbonyl (C=O) groups excluding carboxylic acids is 1. The topological polar surface area (TPSA) is 58.4 Å². The summed E-state index contributed by atoms with van der Waals surface area (Å²) in [4.78, 5) is 18.4. The average molecular weight is 329 g/mol. The first kappa shape index (κ1) is 18.0. The Balaban J connectivity index is 2.06. The molecule has 2 aromatic heterocycles. The predicted molar refractivity (Wildman–Crippen MR) is 94.5 cm³/mol. The number of urea groups is 1. The Morgan fingerprint density at radius 1 is 1.33 bits per heavy atom. The number of carbonyl (C=O) groups is 1. The van der Waals surface area contributed by atoms with Crippen molar-refractivity contribution in [3.63, 3.8) is 0 Å². The first-order valence-corrected chi connectivity index (χ1v) is 8.21. The Morgan fingerprint density at radius 3 is 2.62 bits per heavy atom. The van der Waals surface area contributed by atoms with E-state index in [4.69, 9.17) is 4.42 Å². The Hall–Kier alpha value is -2.30. The van der Waals surface area contributed by atoms with Crippen LogP contribution in [0.1, 0.15) is 50.3 Å². The van der Waals surface area contributed by atoms with E-state index in [9.17, 15) is 4.79 Å². The molecule has 5 heteroatoms. The Labute approximate surface area is 144 Å². The second-order valence-electron chi connectivity index (χ2n) is 7.42. The lowest BCUT2D eigenvalue weighted by molar-refractivity contribution is 0.193. The van der Waals surface area contributed by atoms with Crippen LogP contribution in [0.15, 0.2) is 41.1 Å². The minimum atomic E-state index is -0.123. The third kappa shape index (κ3) is 5.41. The van der Waals surface area contributed by atoms with E-state index < -0.39 is 0 Å². The molecule has 2 rings (SSSR count). The molecule has 0 saturated carbocycles. The number of nitrogens with one attached hydrogen (secondary N) is 1. The van der Waals surface area contributed by atoms with Gasteiger partial charge in [-0.1, -0.05) is 26.8 Å². The summed E-state index contributed by atoms with van der Waals surface area (Å²) in [5.41, 5.74) is 1.10. The van der Waals surface area contributed by atoms with Gasteiger partial charge >= 0.3 is 6.03 Å². The van der Waals surface area contributed by atoms with Crippen molar-refractivity contribution < 1.29 is 9.21 Å². The van der Waals surface area contributed by atoms with Gasteiger partial charge in [-0.05, 0) is 42.5 Å². The van der Waals surface area contributed by atoms with Crippen molar-refractivity contribution >= 4 is 6.03 Å². The summed E-state index contributed by atoms with van der Waals surface area (Å²) in [5.74, 6) is 1.62. The number of rotatable bonds is 5. The van der Waals surface area contributed by atoms with Crippen molar-refractivity contribution in [1.29, 1.82) is 0 Å². The molecular formula is C19H27N3O2. The fraction of sp³-hybridized carbons (Fsp3) is 0.474. The minimum Gasteiger partial charge on any atom is -0.464 e. The van der Waals surface area contributed by atoms with Gasteiger partial charge < -0.3 is 14.6 Å². The summed E-state index contributed by atoms with van der Waals surface area (Å²) < 4.78 is 5.54. The first-order chi connectivity index (χ1) is 11.2. The third-order valence-electron chi connectivity index (χ3n) is 3.74. The van der Waals surface area contributed by atoms with Crippen LogP contribution in [0.25, 0.3) is 0 Å². The van der Waals surface area contributed by atoms with Crippen LogP contribution in [0.4, 0.5) is 4.79 Å². The minimum absolute atomic E-state index is 0.0769. The van der Waals surface area contributed by atoms with Crippen molar-refractivity contribution in [3.8, 4) is 0 Å². The zero-order chi connectivity index (χ0) is 17.7. The molecule has 0 aromatic carbocycles. The number of hydrogen-bond acceptors (Lipinski definition) is 3. The molecule has 2 amide bonds. The number of aryl methyl sites for hydroxylation is 1. The number of amides is 2. The lowest BCUT2D eigenvalue weighted by atomic mass is 9.86. The molecule has 1 N–H and O–H groups in total. The van der Waals surface area contributed by atoms with Crippen LogP contribution in [0.3, 0.4) is 0 Å². The van der Waals surface area contributed by atoms with E-state index in [2.05, 4.69) is 31.1 Å². The molecule has 0 radical (unpaired) electrons. The molecule has 0 aliphatic rings. The predicted octanol–water partition coefficient (Wildman–Crippen LogP) is 4.30. The van der Waals surface area contributed by atoms with Crippen molar-refractivity contribution in [2.75, 3.05) is 7.05 Å². The lowest BCUT2D eigenvalue weighted by Crippen LogP contribution is -2.40. The number of aromatic nitrogens is 1. The summed E-state index contributed by atoms with van der Waals surface area (Å²) >= 11 is 0. The molecule has 130 valence electrons. The summed E-state index contributed by atoms with van der Waals surface area (Å²) in [6.07, 6.45) is 4.38. The maximum absolute atomic E-state index is 12.6. The molecule has 2 heterocycles. The zero-order valence-corrected chi connectivity index (χ0v) is 15.2. The Kier molecular flexibility index (Phi) is 5.65. The average Bonchev–Trinajstić information content (AvgIpc) is 2.91. The molecule has 0 fully saturated rings. The smallest absolute Gasteiger partial charge is 0.318 e. The van der Waals surface area contributed by atoms with Crippen LogP contribution in [-0.2, 0) is 6.54 Å². The molecule has 0 saturated heterocycles. The fourth-order valence-corrected chi connectivity index (χ4v) is 2.58. The van der Waals surface area contributed by atoms with Crippen LogP contribution in [0.2, 0.25) is 0 Å². The highest BCUT2D eigenvalue weighted by atomic mass is 16.3. The van der Waals surface area contributed by atoms with Gasteiger partial charge in [0.25, 0.3) is 0 Å². The normalized spacial score (nSPS) is 12.7. The van der Waals surface area contributed by atoms with Gasteiger partial charge in [0.1, 0.15) is 11.5 Å². The molecule has 2 aromatic rings. The van der Waals surface area contributed by atoms with Gasteiger partial charge in [-0.2, -0.15) is 0 Å². The summed E-state index contributed by atoms with van der Waals surface area (Å²) in [5, 5.41) is 3.12. The second-order valence-corrected chi connectivity index (χ2v) is 7.42. The lowest BCUT2D eigenvalue weighted by Gasteiger charge is -2.28. The third-order valence-corrected chi connectivity index (χ3v) is 3.74. The van der Waals surface area contributed by atoms with Gasteiger partial charge in [0, 0.05) is 19.4 Å². The van der Waals surface area contributed by atoms with E-state index >= 15 is 0 Å². The largest absolute Gasteiger partial charge is 0.464 e. The quantitative estimate of drug-likeness (QED) is 0.889. The van der Waals surface area contributed by atoms with Crippen molar-refractivity contribution in [3.05, 3.63) is 53.7 Å². The van der Waals surface area contributed by atoms with E-state index in [0.717, 1.165) is 23.5 Å². The van der Waals surface area contributed by atoms with Gasteiger partial charge in [-0.15, -0.1) is 0 Å². The SMILES string of the molecule is Cc1ccc(CN(C)C(=O)NC(CC(C)(C)C)c2cccnc2)o1. The van der Waals surface area contributed by atoms with Gasteiger partial charge in [0.15, 0.2) is 0 Å². The monoisotopic (exact) mass is 329 g/mol. The Bertz CT molecular complexity index is 659. The summed E-state index contributed by atoms with van der Waals surface area (Å²) in [6, 6.07) is 7.49. The van der Waals surface area contributed by atoms with E-state index in [1.165, 1.54) is 0 Å². The van der Waals surface area contributed by atoms with Crippen LogP contribution in [-0.4, -0.2) is 23.0 Å². The van der Waals surface area contributed by atoms with Gasteiger partial charge in [-0.25, -0.2) is 4.79 Å². The van der Waals surface area contributed by atoms with Crippen molar-refractivity contribution in [2.24, 2.45) is 5.41 Å². The maximum atomic E-state index is 12.6. The van der Waals surface area contributed by atoms with E-state index in [0.29, 0.717) is 6.54 Å². The van der Waals surface area contributed by atoms with Crippen LogP contribution in [0, 0.1) is 12.3 Å². The van der Waals surface area contributed by atoms with Crippen LogP contribution >= 0.6 is 0 Å². The highest BCUT2D eigenvalue weighted by molar-refractivity contribution is 5.74. The number of nitrogens with zero attached hydrogens (tertiary/aromatic N) is 2. The molecule has 0 aliphatic carbocycles. The molecule has 1 atom stereocenters. The van der Waals surface area contributed by atoms with Crippen molar-refractivity contribution in [1.82, 2.24) is 15.2 Å². The Morgan fingerprint density at radius 2 is 2.08 bits per heavy atom. The summed E-state index contributed by atoms with van der Waals surface area (Å²) in [6.45, 7) is 8.83. The standard InChI is InChI=1S/C19H27N3O2/c1-14-8-9-16(24-14)13-22(5)18(23)21-17(11-19(2,3)4)15-7-6-10-20-12-15/h6-10,12,17H,11,13H2,1-5H3,(H,21,23). The molecule has 0 spiro atoms. The number of hydrogen-bond donors (Lipinski definition) is 1. The zero-order valence-electron chi connectivity index (χ0n) is 15.2. The van der Waals surface area contributed by atoms with Crippen LogP contribution in [0.5, 0.6) is 0 Å². The number of furan rings is 1. The van der Waals surface area contributed by atoms with Gasteiger partial charge in [0.05, 0.1) is 12.6 Å². The van der Waals surface area contributed by atoms with E-state index in [-0.39, 0.29) is 17.5 Å². The van der Waals surface area contributed by atoms with E-state index in [1.807, 2.05) is 37.4 Å². The molecule has 5 nitrogen and oxygen atoms in total. The maximum Gasteiger partial charge on any atom is 0.318 e. The van der Waals surface area contributed by atoms with E-state index in [1.54, 1.807) is 18.1 Å². The highest BCUT2D eigenvalue weighted by Crippen LogP contribution is 2.29. The highest BCUT2D eigenvalue weighted by Gasteiger charge is 2.23. The van der Waals surface area contributed by atoms with Gasteiger partial charge in [0.2, 0.25) is 0 Å². The number of pyridine rings is 1. The van der Waals surface area contributed by atoms with Crippen molar-refractivity contribution in [2.45, 2.75) is 46.7 Å². The second kappa shape index (κ2) is 7.51. The molecule has 0 aliphatic heterocycles. The molecule has 1 unspecified atom stereocenters. The molecule has 24 heavy (non-hydrogen) atoms. The fourth-order valence-electron chi connectivity index (χ4n) is 2.58. The van der Waals surface area contributed by atoms with Crippen LogP contribution < -0.4 is 5.32 Å².